The summed E-state index contributed by atoms with van der Waals surface area (Å²) in [6.07, 6.45) is 4.51. The smallest absolute Gasteiger partial charge is 0.322 e. The highest BCUT2D eigenvalue weighted by molar-refractivity contribution is 5.89. The molecule has 4 rings (SSSR count). The molecule has 184 valence electrons. The predicted octanol–water partition coefficient (Wildman–Crippen LogP) is 1.31. The fourth-order valence-electron chi connectivity index (χ4n) is 4.50. The third-order valence-electron chi connectivity index (χ3n) is 6.14. The highest BCUT2D eigenvalue weighted by Crippen LogP contribution is 2.28. The first-order valence-corrected chi connectivity index (χ1v) is 11.8. The van der Waals surface area contributed by atoms with Crippen LogP contribution in [0.25, 0.3) is 0 Å². The number of hydrogen-bond acceptors (Lipinski definition) is 6. The lowest BCUT2D eigenvalue weighted by molar-refractivity contribution is -0.149. The monoisotopic (exact) mass is 471 g/mol. The van der Waals surface area contributed by atoms with Gasteiger partial charge in [-0.1, -0.05) is 18.2 Å². The lowest BCUT2D eigenvalue weighted by Crippen LogP contribution is -2.58. The number of β-amino-alcohol motifs (C(OH)–C–C–N with tert-alkyl or cyclic N) is 1. The molecular formula is C24H33N5O5. The maximum absolute atomic E-state index is 13.1. The van der Waals surface area contributed by atoms with E-state index in [4.69, 9.17) is 9.47 Å². The predicted molar refractivity (Wildman–Crippen MR) is 125 cm³/mol. The van der Waals surface area contributed by atoms with Crippen LogP contribution in [0.4, 0.5) is 10.5 Å². The van der Waals surface area contributed by atoms with Crippen LogP contribution in [0.2, 0.25) is 0 Å². The number of rotatable bonds is 6. The topological polar surface area (TPSA) is 118 Å². The van der Waals surface area contributed by atoms with E-state index in [2.05, 4.69) is 15.6 Å². The highest BCUT2D eigenvalue weighted by atomic mass is 16.5. The summed E-state index contributed by atoms with van der Waals surface area (Å²) < 4.78 is 13.7. The molecule has 3 heterocycles. The maximum Gasteiger partial charge on any atom is 0.322 e. The average molecular weight is 472 g/mol. The number of benzene rings is 1. The summed E-state index contributed by atoms with van der Waals surface area (Å²) in [4.78, 5) is 31.4. The number of fused-ring (bicyclic) bond motifs is 1. The average Bonchev–Trinajstić information content (AvgIpc) is 3.22. The molecule has 0 unspecified atom stereocenters. The molecule has 1 aromatic heterocycles. The van der Waals surface area contributed by atoms with Crippen molar-refractivity contribution in [3.05, 3.63) is 48.5 Å². The van der Waals surface area contributed by atoms with E-state index in [1.165, 1.54) is 0 Å². The summed E-state index contributed by atoms with van der Waals surface area (Å²) in [6, 6.07) is 8.69. The summed E-state index contributed by atoms with van der Waals surface area (Å²) >= 11 is 0. The Morgan fingerprint density at radius 1 is 1.21 bits per heavy atom. The quantitative estimate of drug-likeness (QED) is 0.585. The Bertz CT molecular complexity index is 952. The number of urea groups is 1. The van der Waals surface area contributed by atoms with Crippen molar-refractivity contribution in [3.63, 3.8) is 0 Å². The summed E-state index contributed by atoms with van der Waals surface area (Å²) in [7, 11) is 1.91. The summed E-state index contributed by atoms with van der Waals surface area (Å²) in [5.74, 6) is -0.0692. The van der Waals surface area contributed by atoms with Crippen LogP contribution in [-0.2, 0) is 27.7 Å². The van der Waals surface area contributed by atoms with Crippen LogP contribution in [0.1, 0.15) is 25.0 Å². The van der Waals surface area contributed by atoms with Crippen LogP contribution in [0.15, 0.2) is 42.9 Å². The zero-order valence-corrected chi connectivity index (χ0v) is 19.4. The van der Waals surface area contributed by atoms with Crippen molar-refractivity contribution < 1.29 is 24.2 Å². The van der Waals surface area contributed by atoms with Crippen molar-refractivity contribution in [2.24, 2.45) is 7.05 Å². The van der Waals surface area contributed by atoms with E-state index in [9.17, 15) is 14.7 Å². The molecule has 10 nitrogen and oxygen atoms in total. The van der Waals surface area contributed by atoms with E-state index in [0.29, 0.717) is 31.5 Å². The van der Waals surface area contributed by atoms with Gasteiger partial charge in [0.2, 0.25) is 5.91 Å². The number of carbonyl (C=O) groups excluding carboxylic acids is 2. The van der Waals surface area contributed by atoms with Gasteiger partial charge in [0, 0.05) is 31.9 Å². The number of aliphatic hydroxyl groups is 1. The molecule has 10 heteroatoms. The fourth-order valence-corrected chi connectivity index (χ4v) is 4.50. The molecule has 0 spiro atoms. The molecule has 2 aliphatic heterocycles. The molecule has 2 aliphatic rings. The minimum atomic E-state index is -0.773. The van der Waals surface area contributed by atoms with Crippen LogP contribution in [0, 0.1) is 0 Å². The number of nitrogens with one attached hydrogen (secondary N) is 2. The van der Waals surface area contributed by atoms with Crippen molar-refractivity contribution in [2.75, 3.05) is 31.6 Å². The number of ether oxygens (including phenoxy) is 2. The van der Waals surface area contributed by atoms with Crippen LogP contribution < -0.4 is 10.6 Å². The number of imidazole rings is 1. The van der Waals surface area contributed by atoms with Crippen molar-refractivity contribution in [3.8, 4) is 0 Å². The van der Waals surface area contributed by atoms with Gasteiger partial charge in [-0.2, -0.15) is 0 Å². The Kier molecular flexibility index (Phi) is 8.15. The number of para-hydroxylation sites is 1. The Morgan fingerprint density at radius 3 is 2.79 bits per heavy atom. The second kappa shape index (κ2) is 11.5. The number of aryl methyl sites for hydroxylation is 1. The van der Waals surface area contributed by atoms with Crippen molar-refractivity contribution in [1.82, 2.24) is 19.8 Å². The largest absolute Gasteiger partial charge is 0.389 e. The minimum Gasteiger partial charge on any atom is -0.389 e. The molecular weight excluding hydrogens is 438 g/mol. The molecule has 2 aromatic rings. The van der Waals surface area contributed by atoms with Gasteiger partial charge in [-0.3, -0.25) is 4.79 Å². The summed E-state index contributed by atoms with van der Waals surface area (Å²) in [5, 5.41) is 16.1. The summed E-state index contributed by atoms with van der Waals surface area (Å²) in [5.41, 5.74) is 1.62. The van der Waals surface area contributed by atoms with Crippen molar-refractivity contribution in [1.29, 1.82) is 0 Å². The second-order valence-corrected chi connectivity index (χ2v) is 8.92. The number of carbonyl (C=O) groups is 2. The zero-order valence-electron chi connectivity index (χ0n) is 19.4. The van der Waals surface area contributed by atoms with Gasteiger partial charge in [0.25, 0.3) is 0 Å². The number of aromatic nitrogens is 2. The van der Waals surface area contributed by atoms with Gasteiger partial charge in [0.05, 0.1) is 56.5 Å². The molecule has 3 amide bonds. The van der Waals surface area contributed by atoms with Crippen LogP contribution >= 0.6 is 0 Å². The highest BCUT2D eigenvalue weighted by Gasteiger charge is 2.40. The Labute approximate surface area is 199 Å². The van der Waals surface area contributed by atoms with Crippen LogP contribution in [0.5, 0.6) is 0 Å². The van der Waals surface area contributed by atoms with E-state index >= 15 is 0 Å². The number of hydrogen-bond donors (Lipinski definition) is 3. The third-order valence-corrected chi connectivity index (χ3v) is 6.14. The molecule has 2 saturated heterocycles. The Morgan fingerprint density at radius 2 is 2.03 bits per heavy atom. The molecule has 0 saturated carbocycles. The van der Waals surface area contributed by atoms with Gasteiger partial charge in [0.1, 0.15) is 6.10 Å². The van der Waals surface area contributed by atoms with Crippen molar-refractivity contribution in [2.45, 2.75) is 50.0 Å². The molecule has 0 bridgehead atoms. The number of aliphatic hydroxyl groups excluding tert-OH is 1. The first kappa shape index (κ1) is 24.2. The van der Waals surface area contributed by atoms with Gasteiger partial charge in [-0.05, 0) is 25.0 Å². The minimum absolute atomic E-state index is 0.0692. The van der Waals surface area contributed by atoms with Crippen LogP contribution in [-0.4, -0.2) is 82.2 Å². The van der Waals surface area contributed by atoms with Gasteiger partial charge in [0.15, 0.2) is 0 Å². The normalized spacial score (nSPS) is 25.1. The van der Waals surface area contributed by atoms with Gasteiger partial charge in [-0.15, -0.1) is 0 Å². The molecule has 1 aromatic carbocycles. The lowest BCUT2D eigenvalue weighted by Gasteiger charge is -2.44. The van der Waals surface area contributed by atoms with Crippen LogP contribution in [0.3, 0.4) is 0 Å². The Balaban J connectivity index is 1.31. The zero-order chi connectivity index (χ0) is 23.9. The second-order valence-electron chi connectivity index (χ2n) is 8.92. The SMILES string of the molecule is Cn1cnc(CCNC(=O)C[C@H]2CC[C@H]3[C@@H](COC[C@H](O)CN3C(=O)Nc3ccccc3)O2)c1. The first-order chi connectivity index (χ1) is 16.5. The van der Waals surface area contributed by atoms with E-state index in [1.807, 2.05) is 48.1 Å². The standard InChI is InChI=1S/C24H33N5O5/c1-28-12-18(26-16-28)9-10-25-23(31)11-20-7-8-21-22(34-20)15-33-14-19(30)13-29(21)24(32)27-17-5-3-2-4-6-17/h2-6,12,16,19-22,30H,7-11,13-15H2,1H3,(H,25,31)(H,27,32)/t19-,20-,21+,22-/m1/s1. The molecule has 0 aliphatic carbocycles. The van der Waals surface area contributed by atoms with E-state index in [0.717, 1.165) is 5.69 Å². The number of anilines is 1. The van der Waals surface area contributed by atoms with Gasteiger partial charge < -0.3 is 34.7 Å². The molecule has 2 fully saturated rings. The van der Waals surface area contributed by atoms with Crippen molar-refractivity contribution >= 4 is 17.6 Å². The van der Waals surface area contributed by atoms with E-state index in [1.54, 1.807) is 11.2 Å². The maximum atomic E-state index is 13.1. The number of amides is 3. The van der Waals surface area contributed by atoms with E-state index < -0.39 is 6.10 Å². The number of nitrogens with zero attached hydrogens (tertiary/aromatic N) is 3. The molecule has 0 radical (unpaired) electrons. The lowest BCUT2D eigenvalue weighted by atomic mass is 9.95. The molecule has 3 N–H and O–H groups in total. The van der Waals surface area contributed by atoms with Gasteiger partial charge in [-0.25, -0.2) is 9.78 Å². The van der Waals surface area contributed by atoms with Gasteiger partial charge >= 0.3 is 6.03 Å². The molecule has 34 heavy (non-hydrogen) atoms. The molecule has 4 atom stereocenters. The first-order valence-electron chi connectivity index (χ1n) is 11.8. The fraction of sp³-hybridized carbons (Fsp3) is 0.542. The van der Waals surface area contributed by atoms with E-state index in [-0.39, 0.29) is 56.4 Å². The Hall–Kier alpha value is -2.95. The summed E-state index contributed by atoms with van der Waals surface area (Å²) in [6.45, 7) is 1.06. The third kappa shape index (κ3) is 6.55.